The van der Waals surface area contributed by atoms with Gasteiger partial charge < -0.3 is 9.47 Å². The van der Waals surface area contributed by atoms with Crippen molar-refractivity contribution in [1.82, 2.24) is 0 Å². The van der Waals surface area contributed by atoms with Gasteiger partial charge in [-0.15, -0.1) is 0 Å². The Hall–Kier alpha value is -1.96. The van der Waals surface area contributed by atoms with Crippen LogP contribution >= 0.6 is 0 Å². The smallest absolute Gasteiger partial charge is 0.119 e. The van der Waals surface area contributed by atoms with Crippen LogP contribution in [0.5, 0.6) is 11.5 Å². The van der Waals surface area contributed by atoms with E-state index >= 15 is 0 Å². The lowest BCUT2D eigenvalue weighted by Crippen LogP contribution is -2.41. The molecule has 0 saturated heterocycles. The van der Waals surface area contributed by atoms with Crippen LogP contribution in [0, 0.1) is 11.3 Å². The molecule has 0 aliphatic heterocycles. The normalized spacial score (nSPS) is 20.2. The van der Waals surface area contributed by atoms with E-state index < -0.39 is 0 Å². The van der Waals surface area contributed by atoms with E-state index in [4.69, 9.17) is 9.47 Å². The van der Waals surface area contributed by atoms with Crippen LogP contribution in [-0.4, -0.2) is 13.2 Å². The summed E-state index contributed by atoms with van der Waals surface area (Å²) in [6.45, 7) is 13.1. The highest BCUT2D eigenvalue weighted by Crippen LogP contribution is 2.53. The quantitative estimate of drug-likeness (QED) is 0.464. The lowest BCUT2D eigenvalue weighted by Gasteiger charge is -2.48. The molecule has 29 heavy (non-hydrogen) atoms. The van der Waals surface area contributed by atoms with Crippen molar-refractivity contribution < 1.29 is 9.47 Å². The highest BCUT2D eigenvalue weighted by molar-refractivity contribution is 5.44. The molecule has 2 nitrogen and oxygen atoms in total. The second-order valence-corrected chi connectivity index (χ2v) is 9.68. The maximum Gasteiger partial charge on any atom is 0.119 e. The summed E-state index contributed by atoms with van der Waals surface area (Å²) >= 11 is 0. The fourth-order valence-corrected chi connectivity index (χ4v) is 5.36. The van der Waals surface area contributed by atoms with Crippen LogP contribution in [0.2, 0.25) is 0 Å². The molecule has 1 unspecified atom stereocenters. The number of ether oxygens (including phenoxy) is 2. The Kier molecular flexibility index (Phi) is 6.93. The predicted octanol–water partition coefficient (Wildman–Crippen LogP) is 7.40. The molecule has 2 aromatic carbocycles. The van der Waals surface area contributed by atoms with Crippen LogP contribution in [0.3, 0.4) is 0 Å². The molecule has 0 aromatic heterocycles. The van der Waals surface area contributed by atoms with Gasteiger partial charge in [0.1, 0.15) is 11.5 Å². The minimum Gasteiger partial charge on any atom is -0.494 e. The number of benzene rings is 2. The maximum absolute atomic E-state index is 5.83. The minimum absolute atomic E-state index is 0.0355. The van der Waals surface area contributed by atoms with E-state index in [1.165, 1.54) is 24.0 Å². The second kappa shape index (κ2) is 9.24. The van der Waals surface area contributed by atoms with Gasteiger partial charge in [0.25, 0.3) is 0 Å². The molecule has 1 saturated carbocycles. The first-order valence-corrected chi connectivity index (χ1v) is 11.4. The molecule has 2 heteroatoms. The number of hydrogen-bond donors (Lipinski definition) is 0. The summed E-state index contributed by atoms with van der Waals surface area (Å²) in [6.07, 6.45) is 5.69. The van der Waals surface area contributed by atoms with Gasteiger partial charge in [-0.1, -0.05) is 58.9 Å². The average molecular weight is 395 g/mol. The first-order valence-electron chi connectivity index (χ1n) is 11.4. The fourth-order valence-electron chi connectivity index (χ4n) is 5.36. The summed E-state index contributed by atoms with van der Waals surface area (Å²) in [4.78, 5) is 0. The standard InChI is InChI=1S/C27H38O2/c1-6-16-28-24-12-8-22(9-13-24)27(19-21(3)18-26(4,5)20-27)23-10-14-25(15-11-23)29-17-7-2/h8-15,21H,6-7,16-20H2,1-5H3. The Labute approximate surface area is 177 Å². The van der Waals surface area contributed by atoms with Crippen LogP contribution in [0.25, 0.3) is 0 Å². The molecule has 2 aromatic rings. The third-order valence-electron chi connectivity index (χ3n) is 6.14. The van der Waals surface area contributed by atoms with Gasteiger partial charge in [0.2, 0.25) is 0 Å². The van der Waals surface area contributed by atoms with E-state index in [1.54, 1.807) is 0 Å². The zero-order valence-corrected chi connectivity index (χ0v) is 19.0. The fraction of sp³-hybridized carbons (Fsp3) is 0.556. The molecule has 0 spiro atoms. The summed E-state index contributed by atoms with van der Waals surface area (Å²) in [6, 6.07) is 17.8. The number of hydrogen-bond acceptors (Lipinski definition) is 2. The Morgan fingerprint density at radius 2 is 1.21 bits per heavy atom. The third-order valence-corrected chi connectivity index (χ3v) is 6.14. The van der Waals surface area contributed by atoms with Crippen LogP contribution in [0.1, 0.15) is 77.8 Å². The SMILES string of the molecule is CCCOc1ccc(C2(c3ccc(OCCC)cc3)CC(C)CC(C)(C)C2)cc1. The maximum atomic E-state index is 5.83. The van der Waals surface area contributed by atoms with E-state index in [0.29, 0.717) is 11.3 Å². The van der Waals surface area contributed by atoms with E-state index in [2.05, 4.69) is 83.1 Å². The molecule has 0 radical (unpaired) electrons. The summed E-state index contributed by atoms with van der Waals surface area (Å²) in [5.41, 5.74) is 3.16. The van der Waals surface area contributed by atoms with Crippen molar-refractivity contribution in [2.24, 2.45) is 11.3 Å². The molecule has 1 fully saturated rings. The van der Waals surface area contributed by atoms with Crippen molar-refractivity contribution in [3.63, 3.8) is 0 Å². The van der Waals surface area contributed by atoms with Crippen LogP contribution in [0.15, 0.2) is 48.5 Å². The third kappa shape index (κ3) is 5.15. The van der Waals surface area contributed by atoms with Gasteiger partial charge in [-0.05, 0) is 78.8 Å². The lowest BCUT2D eigenvalue weighted by molar-refractivity contribution is 0.127. The average Bonchev–Trinajstić information content (AvgIpc) is 2.70. The van der Waals surface area contributed by atoms with Crippen molar-refractivity contribution in [3.05, 3.63) is 59.7 Å². The van der Waals surface area contributed by atoms with E-state index in [1.807, 2.05) is 0 Å². The van der Waals surface area contributed by atoms with Gasteiger partial charge in [-0.3, -0.25) is 0 Å². The molecule has 0 heterocycles. The zero-order valence-electron chi connectivity index (χ0n) is 19.0. The summed E-state index contributed by atoms with van der Waals surface area (Å²) < 4.78 is 11.7. The Morgan fingerprint density at radius 1 is 0.759 bits per heavy atom. The van der Waals surface area contributed by atoms with Gasteiger partial charge in [-0.25, -0.2) is 0 Å². The lowest BCUT2D eigenvalue weighted by atomic mass is 9.55. The van der Waals surface area contributed by atoms with Crippen LogP contribution in [-0.2, 0) is 5.41 Å². The van der Waals surface area contributed by atoms with Crippen molar-refractivity contribution in [3.8, 4) is 11.5 Å². The van der Waals surface area contributed by atoms with Crippen molar-refractivity contribution in [2.75, 3.05) is 13.2 Å². The van der Waals surface area contributed by atoms with E-state index in [0.717, 1.165) is 44.0 Å². The molecule has 1 aliphatic rings. The topological polar surface area (TPSA) is 18.5 Å². The first-order chi connectivity index (χ1) is 13.9. The second-order valence-electron chi connectivity index (χ2n) is 9.68. The monoisotopic (exact) mass is 394 g/mol. The molecule has 0 amide bonds. The summed E-state index contributed by atoms with van der Waals surface area (Å²) in [7, 11) is 0. The van der Waals surface area contributed by atoms with Gasteiger partial charge in [0.05, 0.1) is 13.2 Å². The highest BCUT2D eigenvalue weighted by atomic mass is 16.5. The highest BCUT2D eigenvalue weighted by Gasteiger charge is 2.45. The van der Waals surface area contributed by atoms with Gasteiger partial charge >= 0.3 is 0 Å². The van der Waals surface area contributed by atoms with Crippen LogP contribution < -0.4 is 9.47 Å². The molecule has 0 bridgehead atoms. The predicted molar refractivity (Wildman–Crippen MR) is 122 cm³/mol. The van der Waals surface area contributed by atoms with Gasteiger partial charge in [-0.2, -0.15) is 0 Å². The Morgan fingerprint density at radius 3 is 1.59 bits per heavy atom. The Bertz CT molecular complexity index is 707. The van der Waals surface area contributed by atoms with Crippen molar-refractivity contribution >= 4 is 0 Å². The molecule has 158 valence electrons. The number of rotatable bonds is 8. The van der Waals surface area contributed by atoms with Gasteiger partial charge in [0.15, 0.2) is 0 Å². The summed E-state index contributed by atoms with van der Waals surface area (Å²) in [5, 5.41) is 0. The molecular weight excluding hydrogens is 356 g/mol. The molecule has 1 atom stereocenters. The summed E-state index contributed by atoms with van der Waals surface area (Å²) in [5.74, 6) is 2.63. The molecular formula is C27H38O2. The molecule has 0 N–H and O–H groups in total. The van der Waals surface area contributed by atoms with Crippen LogP contribution in [0.4, 0.5) is 0 Å². The van der Waals surface area contributed by atoms with E-state index in [9.17, 15) is 0 Å². The van der Waals surface area contributed by atoms with Crippen molar-refractivity contribution in [2.45, 2.75) is 72.1 Å². The van der Waals surface area contributed by atoms with Gasteiger partial charge in [0, 0.05) is 5.41 Å². The van der Waals surface area contributed by atoms with E-state index in [-0.39, 0.29) is 5.41 Å². The molecule has 3 rings (SSSR count). The Balaban J connectivity index is 1.98. The van der Waals surface area contributed by atoms with Crippen molar-refractivity contribution in [1.29, 1.82) is 0 Å². The zero-order chi connectivity index (χ0) is 20.9. The first kappa shape index (κ1) is 21.7. The molecule has 1 aliphatic carbocycles. The largest absolute Gasteiger partial charge is 0.494 e. The minimum atomic E-state index is 0.0355.